The van der Waals surface area contributed by atoms with Crippen molar-refractivity contribution in [3.8, 4) is 0 Å². The van der Waals surface area contributed by atoms with Gasteiger partial charge in [0.25, 0.3) is 5.91 Å². The van der Waals surface area contributed by atoms with Crippen LogP contribution in [0, 0.1) is 0 Å². The van der Waals surface area contributed by atoms with Gasteiger partial charge >= 0.3 is 5.97 Å². The van der Waals surface area contributed by atoms with E-state index in [1.807, 2.05) is 0 Å². The molecule has 1 atom stereocenters. The Morgan fingerprint density at radius 2 is 2.47 bits per heavy atom. The van der Waals surface area contributed by atoms with Crippen LogP contribution < -0.4 is 5.32 Å². The number of nitrogens with zero attached hydrogens (tertiary/aromatic N) is 2. The molecule has 1 rings (SSSR count). The number of ether oxygens (including phenoxy) is 1. The first-order chi connectivity index (χ1) is 8.15. The molecule has 0 aliphatic carbocycles. The third kappa shape index (κ3) is 4.29. The van der Waals surface area contributed by atoms with Gasteiger partial charge in [-0.3, -0.25) is 4.79 Å². The van der Waals surface area contributed by atoms with Gasteiger partial charge in [-0.05, 0) is 0 Å². The van der Waals surface area contributed by atoms with Crippen molar-refractivity contribution >= 4 is 23.6 Å². The van der Waals surface area contributed by atoms with Crippen LogP contribution in [0.5, 0.6) is 0 Å². The number of hydrogen-bond donors (Lipinski definition) is 2. The van der Waals surface area contributed by atoms with E-state index < -0.39 is 17.9 Å². The summed E-state index contributed by atoms with van der Waals surface area (Å²) >= 11 is 0.872. The van der Waals surface area contributed by atoms with E-state index in [4.69, 9.17) is 9.84 Å². The first-order valence-corrected chi connectivity index (χ1v) is 5.38. The summed E-state index contributed by atoms with van der Waals surface area (Å²) in [5, 5.41) is 11.1. The van der Waals surface area contributed by atoms with E-state index in [-0.39, 0.29) is 18.9 Å². The van der Waals surface area contributed by atoms with Gasteiger partial charge in [-0.25, -0.2) is 4.79 Å². The summed E-state index contributed by atoms with van der Waals surface area (Å²) in [6.07, 6.45) is 2.76. The lowest BCUT2D eigenvalue weighted by atomic mass is 10.3. The molecule has 0 bridgehead atoms. The Bertz CT molecular complexity index is 393. The molecule has 0 fully saturated rings. The fourth-order valence-electron chi connectivity index (χ4n) is 0.941. The van der Waals surface area contributed by atoms with Crippen molar-refractivity contribution in [2.24, 2.45) is 0 Å². The Hall–Kier alpha value is -1.80. The zero-order chi connectivity index (χ0) is 12.7. The molecule has 7 nitrogen and oxygen atoms in total. The highest BCUT2D eigenvalue weighted by Crippen LogP contribution is 1.97. The Labute approximate surface area is 101 Å². The van der Waals surface area contributed by atoms with Gasteiger partial charge in [-0.2, -0.15) is 8.75 Å². The maximum absolute atomic E-state index is 11.5. The van der Waals surface area contributed by atoms with E-state index in [1.54, 1.807) is 0 Å². The molecule has 1 aromatic heterocycles. The summed E-state index contributed by atoms with van der Waals surface area (Å²) in [5.74, 6) is -1.76. The summed E-state index contributed by atoms with van der Waals surface area (Å²) in [5.41, 5.74) is 0.0879. The summed E-state index contributed by atoms with van der Waals surface area (Å²) in [6, 6.07) is -1.12. The molecular formula is C9H11N3O4S. The van der Waals surface area contributed by atoms with E-state index in [0.29, 0.717) is 0 Å². The molecule has 0 spiro atoms. The van der Waals surface area contributed by atoms with Crippen LogP contribution in [0.4, 0.5) is 0 Å². The van der Waals surface area contributed by atoms with Crippen molar-refractivity contribution < 1.29 is 19.4 Å². The Morgan fingerprint density at radius 3 is 3.00 bits per heavy atom. The van der Waals surface area contributed by atoms with E-state index in [9.17, 15) is 9.59 Å². The summed E-state index contributed by atoms with van der Waals surface area (Å²) in [4.78, 5) is 22.4. The molecule has 0 aliphatic rings. The smallest absolute Gasteiger partial charge is 0.328 e. The molecular weight excluding hydrogens is 246 g/mol. The van der Waals surface area contributed by atoms with Gasteiger partial charge in [0.15, 0.2) is 11.7 Å². The molecule has 0 aliphatic heterocycles. The van der Waals surface area contributed by atoms with E-state index in [2.05, 4.69) is 20.6 Å². The molecule has 2 N–H and O–H groups in total. The summed E-state index contributed by atoms with van der Waals surface area (Å²) in [6.45, 7) is 3.51. The second-order valence-corrected chi connectivity index (χ2v) is 3.54. The van der Waals surface area contributed by atoms with Crippen molar-refractivity contribution in [1.82, 2.24) is 14.1 Å². The van der Waals surface area contributed by atoms with Crippen LogP contribution in [0.25, 0.3) is 0 Å². The number of aliphatic carboxylic acids is 1. The number of carbonyl (C=O) groups excluding carboxylic acids is 1. The number of amides is 1. The molecule has 1 aromatic rings. The fourth-order valence-corrected chi connectivity index (χ4v) is 1.35. The van der Waals surface area contributed by atoms with E-state index in [1.165, 1.54) is 12.3 Å². The molecule has 17 heavy (non-hydrogen) atoms. The van der Waals surface area contributed by atoms with Crippen LogP contribution in [0.15, 0.2) is 18.9 Å². The van der Waals surface area contributed by atoms with Crippen molar-refractivity contribution in [3.05, 3.63) is 24.5 Å². The second-order valence-electron chi connectivity index (χ2n) is 2.98. The number of nitrogens with one attached hydrogen (secondary N) is 1. The SMILES string of the molecule is C=CCOCC(NC(=O)c1cnsn1)C(=O)O. The lowest BCUT2D eigenvalue weighted by Crippen LogP contribution is -2.44. The zero-order valence-corrected chi connectivity index (χ0v) is 9.64. The van der Waals surface area contributed by atoms with Crippen LogP contribution in [0.2, 0.25) is 0 Å². The second kappa shape index (κ2) is 6.71. The highest BCUT2D eigenvalue weighted by atomic mass is 32.1. The van der Waals surface area contributed by atoms with Crippen LogP contribution >= 0.6 is 11.7 Å². The lowest BCUT2D eigenvalue weighted by molar-refractivity contribution is -0.140. The standard InChI is InChI=1S/C9H11N3O4S/c1-2-3-16-5-7(9(14)15)11-8(13)6-4-10-17-12-6/h2,4,7H,1,3,5H2,(H,11,13)(H,14,15). The predicted molar refractivity (Wildman–Crippen MR) is 59.8 cm³/mol. The monoisotopic (exact) mass is 257 g/mol. The molecule has 1 heterocycles. The minimum atomic E-state index is -1.18. The largest absolute Gasteiger partial charge is 0.480 e. The van der Waals surface area contributed by atoms with Crippen LogP contribution in [0.3, 0.4) is 0 Å². The minimum Gasteiger partial charge on any atom is -0.480 e. The van der Waals surface area contributed by atoms with Gasteiger partial charge in [-0.15, -0.1) is 6.58 Å². The highest BCUT2D eigenvalue weighted by molar-refractivity contribution is 6.99. The first kappa shape index (κ1) is 13.3. The zero-order valence-electron chi connectivity index (χ0n) is 8.83. The fraction of sp³-hybridized carbons (Fsp3) is 0.333. The molecule has 0 aromatic carbocycles. The third-order valence-electron chi connectivity index (χ3n) is 1.72. The molecule has 1 unspecified atom stereocenters. The quantitative estimate of drug-likeness (QED) is 0.523. The lowest BCUT2D eigenvalue weighted by Gasteiger charge is -2.13. The Balaban J connectivity index is 2.51. The molecule has 8 heteroatoms. The van der Waals surface area contributed by atoms with Crippen LogP contribution in [-0.2, 0) is 9.53 Å². The van der Waals surface area contributed by atoms with Crippen molar-refractivity contribution in [3.63, 3.8) is 0 Å². The van der Waals surface area contributed by atoms with Gasteiger partial charge in [0.2, 0.25) is 0 Å². The van der Waals surface area contributed by atoms with Crippen molar-refractivity contribution in [1.29, 1.82) is 0 Å². The maximum atomic E-state index is 11.5. The average Bonchev–Trinajstić information content (AvgIpc) is 2.81. The Kier molecular flexibility index (Phi) is 5.24. The highest BCUT2D eigenvalue weighted by Gasteiger charge is 2.21. The first-order valence-electron chi connectivity index (χ1n) is 4.65. The summed E-state index contributed by atoms with van der Waals surface area (Å²) < 4.78 is 12.3. The average molecular weight is 257 g/mol. The van der Waals surface area contributed by atoms with Gasteiger partial charge in [0.1, 0.15) is 0 Å². The molecule has 1 amide bonds. The van der Waals surface area contributed by atoms with Crippen LogP contribution in [-0.4, -0.2) is 45.0 Å². The van der Waals surface area contributed by atoms with Gasteiger partial charge in [0.05, 0.1) is 31.1 Å². The third-order valence-corrected chi connectivity index (χ3v) is 2.20. The normalized spacial score (nSPS) is 11.8. The molecule has 0 radical (unpaired) electrons. The van der Waals surface area contributed by atoms with Gasteiger partial charge in [-0.1, -0.05) is 6.08 Å². The number of carboxylic acid groups (broad SMARTS) is 1. The van der Waals surface area contributed by atoms with Gasteiger partial charge < -0.3 is 15.2 Å². The molecule has 0 saturated carbocycles. The number of hydrogen-bond acceptors (Lipinski definition) is 6. The van der Waals surface area contributed by atoms with E-state index in [0.717, 1.165) is 11.7 Å². The molecule has 0 saturated heterocycles. The maximum Gasteiger partial charge on any atom is 0.328 e. The van der Waals surface area contributed by atoms with Crippen molar-refractivity contribution in [2.75, 3.05) is 13.2 Å². The topological polar surface area (TPSA) is 101 Å². The summed E-state index contributed by atoms with van der Waals surface area (Å²) in [7, 11) is 0. The van der Waals surface area contributed by atoms with Gasteiger partial charge in [0, 0.05) is 0 Å². The predicted octanol–water partition coefficient (Wildman–Crippen LogP) is -0.0763. The number of rotatable bonds is 7. The number of carbonyl (C=O) groups is 2. The number of aromatic nitrogens is 2. The minimum absolute atomic E-state index is 0.0879. The number of carboxylic acids is 1. The van der Waals surface area contributed by atoms with Crippen LogP contribution in [0.1, 0.15) is 10.5 Å². The Morgan fingerprint density at radius 1 is 1.71 bits per heavy atom. The molecule has 92 valence electrons. The van der Waals surface area contributed by atoms with E-state index >= 15 is 0 Å². The van der Waals surface area contributed by atoms with Crippen molar-refractivity contribution in [2.45, 2.75) is 6.04 Å².